The third kappa shape index (κ3) is 5.12. The number of nitrogens with zero attached hydrogens (tertiary/aromatic N) is 1. The molecular weight excluding hydrogens is 420 g/mol. The van der Waals surface area contributed by atoms with E-state index in [4.69, 9.17) is 14.2 Å². The largest absolute Gasteiger partial charge is 0.494 e. The van der Waals surface area contributed by atoms with Crippen LogP contribution < -0.4 is 24.8 Å². The van der Waals surface area contributed by atoms with Crippen molar-refractivity contribution < 1.29 is 27.8 Å². The van der Waals surface area contributed by atoms with E-state index in [0.717, 1.165) is 6.07 Å². The fourth-order valence-electron chi connectivity index (χ4n) is 2.78. The van der Waals surface area contributed by atoms with Gasteiger partial charge in [0.2, 0.25) is 5.91 Å². The Morgan fingerprint density at radius 1 is 1.06 bits per heavy atom. The number of aromatic nitrogens is 1. The summed E-state index contributed by atoms with van der Waals surface area (Å²) in [6, 6.07) is 11.4. The number of benzene rings is 2. The van der Waals surface area contributed by atoms with Crippen LogP contribution in [0.15, 0.2) is 61.3 Å². The molecule has 9 heteroatoms. The fraction of sp³-hybridized carbons (Fsp3) is 0.130. The third-order valence-electron chi connectivity index (χ3n) is 4.42. The van der Waals surface area contributed by atoms with E-state index < -0.39 is 18.2 Å². The molecule has 0 aliphatic carbocycles. The van der Waals surface area contributed by atoms with Crippen LogP contribution in [-0.4, -0.2) is 25.1 Å². The summed E-state index contributed by atoms with van der Waals surface area (Å²) in [5.41, 5.74) is 0.851. The molecule has 0 atom stereocenters. The number of ether oxygens (including phenoxy) is 3. The molecule has 3 aromatic rings. The first-order valence-electron chi connectivity index (χ1n) is 9.44. The van der Waals surface area contributed by atoms with Crippen LogP contribution in [-0.2, 0) is 11.4 Å². The van der Waals surface area contributed by atoms with E-state index >= 15 is 0 Å². The second-order valence-corrected chi connectivity index (χ2v) is 6.42. The number of carbonyl (C=O) groups is 1. The Bertz CT molecular complexity index is 1090. The molecule has 0 bridgehead atoms. The van der Waals surface area contributed by atoms with Crippen molar-refractivity contribution in [3.63, 3.8) is 0 Å². The van der Waals surface area contributed by atoms with Gasteiger partial charge in [0.05, 0.1) is 37.4 Å². The van der Waals surface area contributed by atoms with Gasteiger partial charge in [-0.05, 0) is 30.3 Å². The monoisotopic (exact) mass is 441 g/mol. The Labute approximate surface area is 183 Å². The minimum absolute atomic E-state index is 0.151. The third-order valence-corrected chi connectivity index (χ3v) is 4.42. The molecule has 0 saturated carbocycles. The summed E-state index contributed by atoms with van der Waals surface area (Å²) < 4.78 is 44.2. The van der Waals surface area contributed by atoms with Crippen molar-refractivity contribution in [2.45, 2.75) is 6.61 Å². The number of hydrogen-bond acceptors (Lipinski definition) is 6. The molecular formula is C23H21F2N3O4. The minimum Gasteiger partial charge on any atom is -0.494 e. The van der Waals surface area contributed by atoms with Gasteiger partial charge in [0, 0.05) is 6.07 Å². The van der Waals surface area contributed by atoms with E-state index in [2.05, 4.69) is 22.2 Å². The van der Waals surface area contributed by atoms with Crippen LogP contribution in [0.1, 0.15) is 5.56 Å². The highest BCUT2D eigenvalue weighted by Crippen LogP contribution is 2.32. The number of para-hydroxylation sites is 2. The molecule has 7 nitrogen and oxygen atoms in total. The van der Waals surface area contributed by atoms with E-state index in [-0.39, 0.29) is 23.0 Å². The van der Waals surface area contributed by atoms with Crippen molar-refractivity contribution in [2.75, 3.05) is 24.9 Å². The van der Waals surface area contributed by atoms with E-state index in [9.17, 15) is 13.6 Å². The summed E-state index contributed by atoms with van der Waals surface area (Å²) >= 11 is 0. The number of nitrogens with one attached hydrogen (secondary N) is 2. The lowest BCUT2D eigenvalue weighted by atomic mass is 10.1. The zero-order valence-corrected chi connectivity index (χ0v) is 17.4. The maximum Gasteiger partial charge on any atom is 0.247 e. The summed E-state index contributed by atoms with van der Waals surface area (Å²) in [7, 11) is 2.55. The standard InChI is InChI=1S/C23H21F2N3O4/c1-4-21(29)28-17-8-6-5-7-16(17)27-20-10-9-14(12-26-20)32-13-15-22(24)18(30-2)11-19(31-3)23(15)25/h4-12H,1,13H2,2-3H3,(H,26,27)(H,28,29). The highest BCUT2D eigenvalue weighted by atomic mass is 19.1. The molecule has 1 amide bonds. The molecule has 1 aromatic heterocycles. The van der Waals surface area contributed by atoms with Crippen molar-refractivity contribution >= 4 is 23.1 Å². The highest BCUT2D eigenvalue weighted by molar-refractivity contribution is 6.01. The van der Waals surface area contributed by atoms with Crippen LogP contribution in [0, 0.1) is 11.6 Å². The summed E-state index contributed by atoms with van der Waals surface area (Å²) in [5, 5.41) is 5.78. The average molecular weight is 441 g/mol. The molecule has 0 saturated heterocycles. The van der Waals surface area contributed by atoms with Gasteiger partial charge in [-0.1, -0.05) is 18.7 Å². The lowest BCUT2D eigenvalue weighted by Gasteiger charge is -2.14. The van der Waals surface area contributed by atoms with E-state index in [1.165, 1.54) is 26.5 Å². The number of rotatable bonds is 9. The Morgan fingerprint density at radius 3 is 2.28 bits per heavy atom. The maximum absolute atomic E-state index is 14.5. The number of halogens is 2. The zero-order chi connectivity index (χ0) is 23.1. The Balaban J connectivity index is 1.72. The Hall–Kier alpha value is -4.14. The average Bonchev–Trinajstić information content (AvgIpc) is 2.81. The quantitative estimate of drug-likeness (QED) is 0.463. The van der Waals surface area contributed by atoms with E-state index in [1.54, 1.807) is 36.4 Å². The summed E-state index contributed by atoms with van der Waals surface area (Å²) in [5.74, 6) is -1.61. The second-order valence-electron chi connectivity index (χ2n) is 6.42. The zero-order valence-electron chi connectivity index (χ0n) is 17.4. The van der Waals surface area contributed by atoms with Gasteiger partial charge in [0.1, 0.15) is 18.2 Å². The Morgan fingerprint density at radius 2 is 1.72 bits per heavy atom. The van der Waals surface area contributed by atoms with Gasteiger partial charge in [-0.25, -0.2) is 13.8 Å². The van der Waals surface area contributed by atoms with Gasteiger partial charge in [0.15, 0.2) is 23.1 Å². The van der Waals surface area contributed by atoms with Crippen LogP contribution in [0.5, 0.6) is 17.2 Å². The molecule has 0 unspecified atom stereocenters. The normalized spacial score (nSPS) is 10.2. The van der Waals surface area contributed by atoms with Crippen molar-refractivity contribution in [2.24, 2.45) is 0 Å². The van der Waals surface area contributed by atoms with Crippen molar-refractivity contribution in [3.8, 4) is 17.2 Å². The van der Waals surface area contributed by atoms with Crippen molar-refractivity contribution in [3.05, 3.63) is 78.5 Å². The van der Waals surface area contributed by atoms with Gasteiger partial charge in [-0.3, -0.25) is 4.79 Å². The first kappa shape index (κ1) is 22.5. The molecule has 2 N–H and O–H groups in total. The summed E-state index contributed by atoms with van der Waals surface area (Å²) in [4.78, 5) is 15.8. The second kappa shape index (κ2) is 10.3. The number of amides is 1. The number of pyridine rings is 1. The summed E-state index contributed by atoms with van der Waals surface area (Å²) in [6.07, 6.45) is 2.57. The highest BCUT2D eigenvalue weighted by Gasteiger charge is 2.20. The van der Waals surface area contributed by atoms with Gasteiger partial charge >= 0.3 is 0 Å². The van der Waals surface area contributed by atoms with Crippen LogP contribution in [0.2, 0.25) is 0 Å². The molecule has 0 aliphatic heterocycles. The predicted molar refractivity (Wildman–Crippen MR) is 117 cm³/mol. The lowest BCUT2D eigenvalue weighted by molar-refractivity contribution is -0.111. The number of methoxy groups -OCH3 is 2. The lowest BCUT2D eigenvalue weighted by Crippen LogP contribution is -2.09. The molecule has 2 aromatic carbocycles. The van der Waals surface area contributed by atoms with E-state index in [1.807, 2.05) is 0 Å². The smallest absolute Gasteiger partial charge is 0.247 e. The van der Waals surface area contributed by atoms with E-state index in [0.29, 0.717) is 22.9 Å². The molecule has 0 aliphatic rings. The van der Waals surface area contributed by atoms with Crippen molar-refractivity contribution in [1.29, 1.82) is 0 Å². The van der Waals surface area contributed by atoms with Crippen LogP contribution in [0.25, 0.3) is 0 Å². The van der Waals surface area contributed by atoms with Crippen LogP contribution >= 0.6 is 0 Å². The fourth-order valence-corrected chi connectivity index (χ4v) is 2.78. The van der Waals surface area contributed by atoms with Gasteiger partial charge in [0.25, 0.3) is 0 Å². The van der Waals surface area contributed by atoms with Gasteiger partial charge in [-0.2, -0.15) is 0 Å². The van der Waals surface area contributed by atoms with Gasteiger partial charge < -0.3 is 24.8 Å². The molecule has 1 heterocycles. The number of hydrogen-bond donors (Lipinski definition) is 2. The first-order valence-corrected chi connectivity index (χ1v) is 9.44. The topological polar surface area (TPSA) is 81.7 Å². The molecule has 0 radical (unpaired) electrons. The number of anilines is 3. The maximum atomic E-state index is 14.5. The molecule has 0 fully saturated rings. The first-order chi connectivity index (χ1) is 15.5. The minimum atomic E-state index is -0.866. The van der Waals surface area contributed by atoms with Gasteiger partial charge in [-0.15, -0.1) is 0 Å². The molecule has 3 rings (SSSR count). The predicted octanol–water partition coefficient (Wildman–Crippen LogP) is 4.82. The SMILES string of the molecule is C=CC(=O)Nc1ccccc1Nc1ccc(OCc2c(F)c(OC)cc(OC)c2F)cn1. The number of carbonyl (C=O) groups excluding carboxylic acids is 1. The summed E-state index contributed by atoms with van der Waals surface area (Å²) in [6.45, 7) is 3.04. The van der Waals surface area contributed by atoms with Crippen molar-refractivity contribution in [1.82, 2.24) is 4.98 Å². The van der Waals surface area contributed by atoms with Crippen LogP contribution in [0.4, 0.5) is 26.0 Å². The molecule has 0 spiro atoms. The van der Waals surface area contributed by atoms with Crippen LogP contribution in [0.3, 0.4) is 0 Å². The molecule has 32 heavy (non-hydrogen) atoms. The Kier molecular flexibility index (Phi) is 7.22. The molecule has 166 valence electrons.